The maximum atomic E-state index is 13.0. The Hall–Kier alpha value is -3.84. The molecule has 3 aromatic carbocycles. The molecule has 4 aromatic rings. The molecule has 1 aliphatic heterocycles. The molecule has 168 valence electrons. The van der Waals surface area contributed by atoms with E-state index in [1.165, 1.54) is 0 Å². The number of rotatable bonds is 4. The van der Waals surface area contributed by atoms with Gasteiger partial charge in [-0.1, -0.05) is 18.2 Å². The Morgan fingerprint density at radius 3 is 2.45 bits per heavy atom. The Morgan fingerprint density at radius 2 is 1.73 bits per heavy atom. The average Bonchev–Trinajstić information content (AvgIpc) is 3.21. The number of nitrogens with two attached hydrogens (primary N) is 1. The molecule has 1 aromatic heterocycles. The Labute approximate surface area is 192 Å². The third-order valence-electron chi connectivity index (χ3n) is 6.32. The molecule has 0 spiro atoms. The molecule has 2 heterocycles. The van der Waals surface area contributed by atoms with Crippen LogP contribution in [0.2, 0.25) is 0 Å². The highest BCUT2D eigenvalue weighted by molar-refractivity contribution is 6.17. The van der Waals surface area contributed by atoms with Crippen LogP contribution in [-0.4, -0.2) is 62.0 Å². The number of H-pyrrole nitrogens is 1. The van der Waals surface area contributed by atoms with Crippen LogP contribution >= 0.6 is 0 Å². The van der Waals surface area contributed by atoms with Crippen LogP contribution in [-0.2, 0) is 0 Å². The highest BCUT2D eigenvalue weighted by Gasteiger charge is 2.20. The highest BCUT2D eigenvalue weighted by atomic mass is 16.2. The van der Waals surface area contributed by atoms with Gasteiger partial charge in [0.25, 0.3) is 11.8 Å². The number of hydrogen-bond donors (Lipinski definition) is 3. The normalized spacial score (nSPS) is 14.1. The molecule has 7 heteroatoms. The van der Waals surface area contributed by atoms with E-state index in [0.29, 0.717) is 29.7 Å². The topological polar surface area (TPSA) is 94.5 Å². The zero-order valence-electron chi connectivity index (χ0n) is 18.8. The van der Waals surface area contributed by atoms with Crippen molar-refractivity contribution in [2.45, 2.75) is 0 Å². The maximum Gasteiger partial charge on any atom is 0.254 e. The molecule has 0 aliphatic carbocycles. The summed E-state index contributed by atoms with van der Waals surface area (Å²) in [4.78, 5) is 32.6. The molecule has 1 aliphatic rings. The summed E-state index contributed by atoms with van der Waals surface area (Å²) in [7, 11) is 3.99. The molecule has 7 nitrogen and oxygen atoms in total. The second kappa shape index (κ2) is 8.26. The fourth-order valence-electron chi connectivity index (χ4n) is 4.51. The second-order valence-electron chi connectivity index (χ2n) is 8.68. The number of benzene rings is 3. The molecule has 0 atom stereocenters. The van der Waals surface area contributed by atoms with E-state index in [0.717, 1.165) is 46.2 Å². The summed E-state index contributed by atoms with van der Waals surface area (Å²) in [6.45, 7) is 3.01. The van der Waals surface area contributed by atoms with Crippen LogP contribution in [0.5, 0.6) is 0 Å². The molecule has 0 saturated carbocycles. The highest BCUT2D eigenvalue weighted by Crippen LogP contribution is 2.34. The first-order valence-corrected chi connectivity index (χ1v) is 11.1. The Balaban J connectivity index is 1.64. The van der Waals surface area contributed by atoms with Gasteiger partial charge in [-0.05, 0) is 47.5 Å². The van der Waals surface area contributed by atoms with E-state index in [4.69, 9.17) is 5.73 Å². The minimum absolute atomic E-state index is 0.0216. The van der Waals surface area contributed by atoms with Gasteiger partial charge < -0.3 is 25.8 Å². The first kappa shape index (κ1) is 21.0. The number of piperazine rings is 1. The number of anilines is 1. The van der Waals surface area contributed by atoms with Crippen molar-refractivity contribution in [3.63, 3.8) is 0 Å². The van der Waals surface area contributed by atoms with E-state index in [9.17, 15) is 9.59 Å². The van der Waals surface area contributed by atoms with E-state index in [2.05, 4.69) is 22.4 Å². The van der Waals surface area contributed by atoms with E-state index < -0.39 is 5.91 Å². The van der Waals surface area contributed by atoms with Gasteiger partial charge in [-0.25, -0.2) is 0 Å². The van der Waals surface area contributed by atoms with Gasteiger partial charge in [0.1, 0.15) is 0 Å². The zero-order valence-corrected chi connectivity index (χ0v) is 18.8. The molecule has 2 amide bonds. The molecule has 0 bridgehead atoms. The number of carbonyl (C=O) groups excluding carboxylic acids is 2. The van der Waals surface area contributed by atoms with Crippen molar-refractivity contribution in [1.82, 2.24) is 15.2 Å². The smallest absolute Gasteiger partial charge is 0.254 e. The third-order valence-corrected chi connectivity index (χ3v) is 6.32. The molecule has 5 rings (SSSR count). The lowest BCUT2D eigenvalue weighted by Crippen LogP contribution is -2.46. The first-order valence-electron chi connectivity index (χ1n) is 11.1. The number of nitrogens with one attached hydrogen (secondary N) is 2. The minimum atomic E-state index is -0.491. The quantitative estimate of drug-likeness (QED) is 0.453. The largest absolute Gasteiger partial charge is 0.378 e. The average molecular weight is 442 g/mol. The molecular weight excluding hydrogens is 414 g/mol. The molecule has 0 unspecified atom stereocenters. The maximum absolute atomic E-state index is 13.0. The summed E-state index contributed by atoms with van der Waals surface area (Å²) in [5.41, 5.74) is 11.3. The Bertz CT molecular complexity index is 1380. The van der Waals surface area contributed by atoms with Crippen molar-refractivity contribution in [1.29, 1.82) is 0 Å². The van der Waals surface area contributed by atoms with Crippen molar-refractivity contribution in [3.8, 4) is 11.1 Å². The van der Waals surface area contributed by atoms with Gasteiger partial charge in [-0.15, -0.1) is 0 Å². The van der Waals surface area contributed by atoms with Crippen LogP contribution < -0.4 is 16.0 Å². The minimum Gasteiger partial charge on any atom is -0.378 e. The number of amides is 2. The van der Waals surface area contributed by atoms with Gasteiger partial charge >= 0.3 is 0 Å². The monoisotopic (exact) mass is 441 g/mol. The second-order valence-corrected chi connectivity index (χ2v) is 8.68. The van der Waals surface area contributed by atoms with Crippen molar-refractivity contribution in [2.24, 2.45) is 5.73 Å². The first-order chi connectivity index (χ1) is 15.9. The predicted octanol–water partition coefficient (Wildman–Crippen LogP) is 3.20. The van der Waals surface area contributed by atoms with Crippen LogP contribution in [0.3, 0.4) is 0 Å². The molecule has 0 radical (unpaired) electrons. The lowest BCUT2D eigenvalue weighted by atomic mass is 9.98. The van der Waals surface area contributed by atoms with Crippen LogP contribution in [0.1, 0.15) is 20.7 Å². The van der Waals surface area contributed by atoms with Crippen molar-refractivity contribution >= 4 is 39.3 Å². The molecule has 1 saturated heterocycles. The molecule has 1 fully saturated rings. The van der Waals surface area contributed by atoms with Gasteiger partial charge in [0, 0.05) is 67.8 Å². The number of nitrogens with zero attached hydrogens (tertiary/aromatic N) is 2. The number of carbonyl (C=O) groups is 2. The van der Waals surface area contributed by atoms with Gasteiger partial charge in [0.15, 0.2) is 0 Å². The zero-order chi connectivity index (χ0) is 23.1. The van der Waals surface area contributed by atoms with Crippen molar-refractivity contribution in [3.05, 3.63) is 65.7 Å². The summed E-state index contributed by atoms with van der Waals surface area (Å²) in [6.07, 6.45) is 0. The Morgan fingerprint density at radius 1 is 0.939 bits per heavy atom. The van der Waals surface area contributed by atoms with Gasteiger partial charge in [0.2, 0.25) is 0 Å². The van der Waals surface area contributed by atoms with Crippen LogP contribution in [0.25, 0.3) is 32.9 Å². The molecule has 33 heavy (non-hydrogen) atoms. The lowest BCUT2D eigenvalue weighted by molar-refractivity contribution is 0.0735. The van der Waals surface area contributed by atoms with E-state index in [1.54, 1.807) is 0 Å². The van der Waals surface area contributed by atoms with Crippen LogP contribution in [0.15, 0.2) is 54.6 Å². The van der Waals surface area contributed by atoms with Gasteiger partial charge in [-0.2, -0.15) is 0 Å². The summed E-state index contributed by atoms with van der Waals surface area (Å²) in [6, 6.07) is 17.8. The van der Waals surface area contributed by atoms with E-state index >= 15 is 0 Å². The van der Waals surface area contributed by atoms with E-state index in [1.807, 2.05) is 66.4 Å². The van der Waals surface area contributed by atoms with Gasteiger partial charge in [0.05, 0.1) is 11.1 Å². The fourth-order valence-corrected chi connectivity index (χ4v) is 4.51. The number of aromatic nitrogens is 1. The summed E-state index contributed by atoms with van der Waals surface area (Å²) >= 11 is 0. The summed E-state index contributed by atoms with van der Waals surface area (Å²) in [5, 5.41) is 5.13. The summed E-state index contributed by atoms with van der Waals surface area (Å²) in [5.74, 6) is -0.470. The fraction of sp³-hybridized carbons (Fsp3) is 0.231. The van der Waals surface area contributed by atoms with Crippen LogP contribution in [0.4, 0.5) is 5.69 Å². The number of aromatic amines is 1. The van der Waals surface area contributed by atoms with Crippen molar-refractivity contribution in [2.75, 3.05) is 45.2 Å². The number of fused-ring (bicyclic) bond motifs is 3. The predicted molar refractivity (Wildman–Crippen MR) is 133 cm³/mol. The third kappa shape index (κ3) is 3.81. The van der Waals surface area contributed by atoms with E-state index in [-0.39, 0.29) is 5.91 Å². The molecular formula is C26H27N5O2. The lowest BCUT2D eigenvalue weighted by Gasteiger charge is -2.27. The van der Waals surface area contributed by atoms with Gasteiger partial charge in [-0.3, -0.25) is 9.59 Å². The summed E-state index contributed by atoms with van der Waals surface area (Å²) < 4.78 is 0. The standard InChI is InChI=1S/C26H27N5O2/c1-30(2)19-5-3-4-16(12-19)18-13-21-20-7-6-17(26(33)31-10-8-28-9-11-31)15-23(20)29-24(21)22(14-18)25(27)32/h3-7,12-15,28-29H,8-11H2,1-2H3,(H2,27,32). The van der Waals surface area contributed by atoms with Crippen LogP contribution in [0, 0.1) is 0 Å². The van der Waals surface area contributed by atoms with Crippen molar-refractivity contribution < 1.29 is 9.59 Å². The number of primary amides is 1. The SMILES string of the molecule is CN(C)c1cccc(-c2cc(C(N)=O)c3[nH]c4cc(C(=O)N5CCNCC5)ccc4c3c2)c1. The Kier molecular flexibility index (Phi) is 5.26. The number of hydrogen-bond acceptors (Lipinski definition) is 4. The molecule has 4 N–H and O–H groups in total.